The van der Waals surface area contributed by atoms with Gasteiger partial charge >= 0.3 is 5.97 Å². The number of hydrogen-bond donors (Lipinski definition) is 0. The molecule has 2 heterocycles. The second-order valence-electron chi connectivity index (χ2n) is 6.74. The topological polar surface area (TPSA) is 59.1 Å². The summed E-state index contributed by atoms with van der Waals surface area (Å²) in [6.07, 6.45) is 2.26. The Morgan fingerprint density at radius 2 is 1.85 bits per heavy atom. The monoisotopic (exact) mass is 366 g/mol. The highest BCUT2D eigenvalue weighted by molar-refractivity contribution is 5.99. The highest BCUT2D eigenvalue weighted by Crippen LogP contribution is 2.36. The molecule has 0 unspecified atom stereocenters. The third kappa shape index (κ3) is 3.28. The quantitative estimate of drug-likeness (QED) is 0.833. The number of ether oxygens (including phenoxy) is 1. The number of nitrogens with zero attached hydrogens (tertiary/aromatic N) is 2. The van der Waals surface area contributed by atoms with Gasteiger partial charge in [0.2, 0.25) is 5.91 Å². The van der Waals surface area contributed by atoms with Crippen molar-refractivity contribution in [3.8, 4) is 5.75 Å². The maximum absolute atomic E-state index is 13.2. The normalized spacial score (nSPS) is 19.0. The van der Waals surface area contributed by atoms with E-state index in [-0.39, 0.29) is 5.91 Å². The van der Waals surface area contributed by atoms with Crippen molar-refractivity contribution < 1.29 is 19.2 Å². The van der Waals surface area contributed by atoms with Crippen LogP contribution in [0.4, 0.5) is 5.69 Å². The summed E-state index contributed by atoms with van der Waals surface area (Å²) in [6, 6.07) is 14.1. The lowest BCUT2D eigenvalue weighted by atomic mass is 10.1. The first-order valence-electron chi connectivity index (χ1n) is 9.20. The summed E-state index contributed by atoms with van der Waals surface area (Å²) in [5.74, 6) is 0.348. The van der Waals surface area contributed by atoms with Crippen molar-refractivity contribution in [2.45, 2.75) is 25.3 Å². The van der Waals surface area contributed by atoms with E-state index >= 15 is 0 Å². The zero-order valence-electron chi connectivity index (χ0n) is 15.3. The molecular formula is C21H22N2O4. The lowest BCUT2D eigenvalue weighted by molar-refractivity contribution is -0.146. The van der Waals surface area contributed by atoms with Crippen LogP contribution in [0.25, 0.3) is 0 Å². The van der Waals surface area contributed by atoms with Crippen LogP contribution in [0.2, 0.25) is 0 Å². The molecule has 4 rings (SSSR count). The number of rotatable bonds is 4. The maximum atomic E-state index is 13.2. The Bertz CT molecular complexity index is 853. The number of carbonyl (C=O) groups is 2. The molecule has 2 aliphatic rings. The molecule has 0 saturated carbocycles. The smallest absolute Gasteiger partial charge is 0.357 e. The van der Waals surface area contributed by atoms with Gasteiger partial charge in [0.15, 0.2) is 0 Å². The summed E-state index contributed by atoms with van der Waals surface area (Å²) in [7, 11) is 1.64. The molecule has 1 amide bonds. The van der Waals surface area contributed by atoms with Crippen LogP contribution >= 0.6 is 0 Å². The van der Waals surface area contributed by atoms with E-state index < -0.39 is 12.0 Å². The molecule has 1 saturated heterocycles. The van der Waals surface area contributed by atoms with Gasteiger partial charge in [0, 0.05) is 18.7 Å². The minimum Gasteiger partial charge on any atom is -0.496 e. The van der Waals surface area contributed by atoms with E-state index in [1.165, 1.54) is 5.06 Å². The molecule has 140 valence electrons. The first-order chi connectivity index (χ1) is 13.2. The summed E-state index contributed by atoms with van der Waals surface area (Å²) in [4.78, 5) is 32.9. The van der Waals surface area contributed by atoms with Crippen molar-refractivity contribution in [2.75, 3.05) is 25.1 Å². The summed E-state index contributed by atoms with van der Waals surface area (Å²) in [6.45, 7) is 1.18. The number of hydroxylamine groups is 2. The summed E-state index contributed by atoms with van der Waals surface area (Å²) < 4.78 is 5.42. The molecule has 0 bridgehead atoms. The Hall–Kier alpha value is -2.86. The SMILES string of the molecule is COc1cccc2c1CCN2C(=O)[C@H]1CCCN1OC(=O)c1ccccc1. The van der Waals surface area contributed by atoms with Gasteiger partial charge in [-0.05, 0) is 43.5 Å². The minimum absolute atomic E-state index is 0.0274. The minimum atomic E-state index is -0.449. The van der Waals surface area contributed by atoms with E-state index in [1.54, 1.807) is 36.3 Å². The number of hydrogen-bond acceptors (Lipinski definition) is 5. The fraction of sp³-hybridized carbons (Fsp3) is 0.333. The van der Waals surface area contributed by atoms with Crippen molar-refractivity contribution in [1.82, 2.24) is 5.06 Å². The van der Waals surface area contributed by atoms with Crippen LogP contribution in [-0.2, 0) is 16.1 Å². The number of methoxy groups -OCH3 is 1. The first kappa shape index (κ1) is 17.5. The summed E-state index contributed by atoms with van der Waals surface area (Å²) >= 11 is 0. The van der Waals surface area contributed by atoms with Crippen LogP contribution in [-0.4, -0.2) is 43.2 Å². The van der Waals surface area contributed by atoms with Crippen molar-refractivity contribution in [2.24, 2.45) is 0 Å². The zero-order valence-corrected chi connectivity index (χ0v) is 15.3. The molecule has 0 spiro atoms. The standard InChI is InChI=1S/C21H22N2O4/c1-26-19-11-5-9-17-16(19)12-14-22(17)20(24)18-10-6-13-23(18)27-21(25)15-7-3-2-4-8-15/h2-5,7-9,11,18H,6,10,12-14H2,1H3/t18-/m1/s1. The zero-order chi connectivity index (χ0) is 18.8. The van der Waals surface area contributed by atoms with E-state index in [1.807, 2.05) is 24.3 Å². The van der Waals surface area contributed by atoms with Gasteiger partial charge in [-0.1, -0.05) is 24.3 Å². The second kappa shape index (κ2) is 7.40. The predicted octanol–water partition coefficient (Wildman–Crippen LogP) is 2.82. The fourth-order valence-corrected chi connectivity index (χ4v) is 3.83. The lowest BCUT2D eigenvalue weighted by Gasteiger charge is -2.27. The van der Waals surface area contributed by atoms with Crippen LogP contribution in [0, 0.1) is 0 Å². The van der Waals surface area contributed by atoms with E-state index in [4.69, 9.17) is 9.57 Å². The largest absolute Gasteiger partial charge is 0.496 e. The Kier molecular flexibility index (Phi) is 4.81. The Morgan fingerprint density at radius 1 is 1.04 bits per heavy atom. The molecular weight excluding hydrogens is 344 g/mol. The molecule has 0 aromatic heterocycles. The van der Waals surface area contributed by atoms with E-state index in [0.29, 0.717) is 25.1 Å². The Labute approximate surface area is 158 Å². The summed E-state index contributed by atoms with van der Waals surface area (Å²) in [5, 5.41) is 1.54. The van der Waals surface area contributed by atoms with Crippen LogP contribution < -0.4 is 9.64 Å². The van der Waals surface area contributed by atoms with Gasteiger partial charge in [-0.15, -0.1) is 5.06 Å². The Balaban J connectivity index is 1.50. The van der Waals surface area contributed by atoms with Crippen LogP contribution in [0.3, 0.4) is 0 Å². The molecule has 6 nitrogen and oxygen atoms in total. The van der Waals surface area contributed by atoms with Crippen molar-refractivity contribution >= 4 is 17.6 Å². The third-order valence-electron chi connectivity index (χ3n) is 5.17. The van der Waals surface area contributed by atoms with Crippen molar-refractivity contribution in [1.29, 1.82) is 0 Å². The van der Waals surface area contributed by atoms with Crippen LogP contribution in [0.15, 0.2) is 48.5 Å². The maximum Gasteiger partial charge on any atom is 0.357 e. The van der Waals surface area contributed by atoms with Gasteiger partial charge < -0.3 is 14.5 Å². The van der Waals surface area contributed by atoms with E-state index in [2.05, 4.69) is 0 Å². The van der Waals surface area contributed by atoms with Gasteiger partial charge in [0.25, 0.3) is 0 Å². The average molecular weight is 366 g/mol. The molecule has 1 atom stereocenters. The van der Waals surface area contributed by atoms with Gasteiger partial charge in [0.1, 0.15) is 11.8 Å². The van der Waals surface area contributed by atoms with Crippen LogP contribution in [0.5, 0.6) is 5.75 Å². The third-order valence-corrected chi connectivity index (χ3v) is 5.17. The van der Waals surface area contributed by atoms with Gasteiger partial charge in [-0.25, -0.2) is 4.79 Å². The van der Waals surface area contributed by atoms with E-state index in [9.17, 15) is 9.59 Å². The van der Waals surface area contributed by atoms with Gasteiger partial charge in [0.05, 0.1) is 18.4 Å². The average Bonchev–Trinajstić information content (AvgIpc) is 3.35. The fourth-order valence-electron chi connectivity index (χ4n) is 3.83. The Morgan fingerprint density at radius 3 is 2.63 bits per heavy atom. The number of amides is 1. The molecule has 0 aliphatic carbocycles. The van der Waals surface area contributed by atoms with Gasteiger partial charge in [-0.3, -0.25) is 4.79 Å². The molecule has 2 aromatic carbocycles. The predicted molar refractivity (Wildman–Crippen MR) is 101 cm³/mol. The molecule has 0 radical (unpaired) electrons. The number of anilines is 1. The highest BCUT2D eigenvalue weighted by Gasteiger charge is 2.39. The number of benzene rings is 2. The molecule has 2 aliphatic heterocycles. The lowest BCUT2D eigenvalue weighted by Crippen LogP contribution is -2.45. The van der Waals surface area contributed by atoms with Crippen LogP contribution in [0.1, 0.15) is 28.8 Å². The molecule has 27 heavy (non-hydrogen) atoms. The molecule has 1 fully saturated rings. The highest BCUT2D eigenvalue weighted by atomic mass is 16.7. The molecule has 6 heteroatoms. The van der Waals surface area contributed by atoms with Crippen molar-refractivity contribution in [3.63, 3.8) is 0 Å². The van der Waals surface area contributed by atoms with Gasteiger partial charge in [-0.2, -0.15) is 0 Å². The van der Waals surface area contributed by atoms with E-state index in [0.717, 1.165) is 29.8 Å². The first-order valence-corrected chi connectivity index (χ1v) is 9.20. The second-order valence-corrected chi connectivity index (χ2v) is 6.74. The molecule has 0 N–H and O–H groups in total. The van der Waals surface area contributed by atoms with Crippen molar-refractivity contribution in [3.05, 3.63) is 59.7 Å². The number of fused-ring (bicyclic) bond motifs is 1. The molecule has 2 aromatic rings. The number of carbonyl (C=O) groups excluding carboxylic acids is 2. The summed E-state index contributed by atoms with van der Waals surface area (Å²) in [5.41, 5.74) is 2.42.